The summed E-state index contributed by atoms with van der Waals surface area (Å²) in [6.45, 7) is 0.914. The number of amides is 1. The third kappa shape index (κ3) is 7.81. The van der Waals surface area contributed by atoms with Crippen LogP contribution in [0.15, 0.2) is 29.3 Å². The van der Waals surface area contributed by atoms with Crippen LogP contribution < -0.4 is 10.9 Å². The molecule has 180 valence electrons. The molecule has 0 aromatic carbocycles. The van der Waals surface area contributed by atoms with Crippen LogP contribution in [0.3, 0.4) is 0 Å². The van der Waals surface area contributed by atoms with Crippen molar-refractivity contribution in [3.63, 3.8) is 0 Å². The van der Waals surface area contributed by atoms with Crippen molar-refractivity contribution in [2.75, 3.05) is 25.0 Å². The summed E-state index contributed by atoms with van der Waals surface area (Å²) < 4.78 is 41.7. The van der Waals surface area contributed by atoms with Gasteiger partial charge in [0.05, 0.1) is 19.3 Å². The van der Waals surface area contributed by atoms with Crippen LogP contribution in [0.1, 0.15) is 36.2 Å². The van der Waals surface area contributed by atoms with E-state index in [0.29, 0.717) is 37.9 Å². The molecule has 1 saturated heterocycles. The van der Waals surface area contributed by atoms with Gasteiger partial charge in [-0.2, -0.15) is 0 Å². The summed E-state index contributed by atoms with van der Waals surface area (Å²) in [5.74, 6) is -0.112. The Bertz CT molecular complexity index is 988. The van der Waals surface area contributed by atoms with E-state index >= 15 is 0 Å². The van der Waals surface area contributed by atoms with E-state index in [1.165, 1.54) is 27.7 Å². The Morgan fingerprint density at radius 1 is 1.24 bits per heavy atom. The maximum absolute atomic E-state index is 14.2. The molecule has 9 nitrogen and oxygen atoms in total. The molecule has 2 aromatic heterocycles. The molecule has 1 fully saturated rings. The Kier molecular flexibility index (Phi) is 8.75. The molecule has 3 heterocycles. The molecule has 2 aromatic rings. The molecule has 1 N–H and O–H groups in total. The minimum Gasteiger partial charge on any atom is -0.326 e. The van der Waals surface area contributed by atoms with E-state index in [1.54, 1.807) is 11.0 Å². The van der Waals surface area contributed by atoms with E-state index in [0.717, 1.165) is 0 Å². The van der Waals surface area contributed by atoms with Crippen molar-refractivity contribution in [3.05, 3.63) is 40.6 Å². The summed E-state index contributed by atoms with van der Waals surface area (Å²) in [7, 11) is 0. The third-order valence-corrected chi connectivity index (χ3v) is 5.60. The molecule has 0 aliphatic carbocycles. The van der Waals surface area contributed by atoms with E-state index in [1.807, 2.05) is 0 Å². The average Bonchev–Trinajstić information content (AvgIpc) is 3.21. The Morgan fingerprint density at radius 3 is 2.64 bits per heavy atom. The first-order chi connectivity index (χ1) is 15.8. The Morgan fingerprint density at radius 2 is 2.00 bits per heavy atom. The third-order valence-electron chi connectivity index (χ3n) is 5.60. The molecule has 0 spiro atoms. The van der Waals surface area contributed by atoms with E-state index in [2.05, 4.69) is 15.6 Å². The van der Waals surface area contributed by atoms with Crippen molar-refractivity contribution in [2.24, 2.45) is 5.92 Å². The fourth-order valence-corrected chi connectivity index (χ4v) is 3.84. The zero-order valence-electron chi connectivity index (χ0n) is 18.1. The monoisotopic (exact) mass is 468 g/mol. The highest BCUT2D eigenvalue weighted by Crippen LogP contribution is 2.21. The fraction of sp³-hybridized carbons (Fsp3) is 0.571. The van der Waals surface area contributed by atoms with Crippen LogP contribution in [0.5, 0.6) is 0 Å². The molecular formula is C21H27F3N6O3. The molecule has 1 atom stereocenters. The van der Waals surface area contributed by atoms with Gasteiger partial charge in [-0.1, -0.05) is 5.21 Å². The lowest BCUT2D eigenvalue weighted by Crippen LogP contribution is -2.37. The van der Waals surface area contributed by atoms with Gasteiger partial charge in [-0.25, -0.2) is 17.9 Å². The van der Waals surface area contributed by atoms with Gasteiger partial charge in [0, 0.05) is 30.9 Å². The summed E-state index contributed by atoms with van der Waals surface area (Å²) in [6.07, 6.45) is 1.40. The summed E-state index contributed by atoms with van der Waals surface area (Å²) in [6, 6.07) is 2.86. The number of pyridine rings is 1. The number of carbonyl (C=O) groups excluding carboxylic acids is 2. The number of nitrogens with zero attached hydrogens (tertiary/aromatic N) is 5. The predicted octanol–water partition coefficient (Wildman–Crippen LogP) is 1.99. The number of hydrogen-bond donors (Lipinski definition) is 1. The summed E-state index contributed by atoms with van der Waals surface area (Å²) >= 11 is 0. The topological polar surface area (TPSA) is 102 Å². The van der Waals surface area contributed by atoms with Crippen molar-refractivity contribution >= 4 is 17.9 Å². The van der Waals surface area contributed by atoms with Crippen molar-refractivity contribution < 1.29 is 22.8 Å². The Labute approximate surface area is 188 Å². The number of piperidine rings is 1. The quantitative estimate of drug-likeness (QED) is 0.506. The highest BCUT2D eigenvalue weighted by Gasteiger charge is 2.23. The first-order valence-electron chi connectivity index (χ1n) is 10.8. The van der Waals surface area contributed by atoms with Crippen LogP contribution >= 0.6 is 0 Å². The van der Waals surface area contributed by atoms with Crippen LogP contribution in [0.2, 0.25) is 0 Å². The minimum absolute atomic E-state index is 0.0617. The Balaban J connectivity index is 1.42. The van der Waals surface area contributed by atoms with Crippen LogP contribution in [0, 0.1) is 5.92 Å². The lowest BCUT2D eigenvalue weighted by atomic mass is 9.93. The molecule has 0 saturated carbocycles. The van der Waals surface area contributed by atoms with Crippen LogP contribution in [-0.2, 0) is 17.9 Å². The number of anilines is 1. The smallest absolute Gasteiger partial charge is 0.252 e. The molecule has 1 unspecified atom stereocenters. The number of aromatic nitrogens is 4. The maximum Gasteiger partial charge on any atom is 0.252 e. The first-order valence-corrected chi connectivity index (χ1v) is 10.8. The van der Waals surface area contributed by atoms with Gasteiger partial charge in [-0.3, -0.25) is 19.3 Å². The molecule has 0 radical (unpaired) electrons. The van der Waals surface area contributed by atoms with Crippen molar-refractivity contribution in [2.45, 2.75) is 51.4 Å². The van der Waals surface area contributed by atoms with Crippen molar-refractivity contribution in [1.82, 2.24) is 24.5 Å². The number of alkyl halides is 3. The summed E-state index contributed by atoms with van der Waals surface area (Å²) in [4.78, 5) is 36.9. The average molecular weight is 468 g/mol. The number of carbonyl (C=O) groups is 2. The van der Waals surface area contributed by atoms with E-state index < -0.39 is 12.6 Å². The van der Waals surface area contributed by atoms with Crippen LogP contribution in [-0.4, -0.2) is 68.9 Å². The van der Waals surface area contributed by atoms with Gasteiger partial charge in [0.15, 0.2) is 6.29 Å². The Hall–Kier alpha value is -3.02. The lowest BCUT2D eigenvalue weighted by molar-refractivity contribution is -0.117. The molecular weight excluding hydrogens is 441 g/mol. The number of aryl methyl sites for hydroxylation is 1. The molecule has 33 heavy (non-hydrogen) atoms. The normalized spacial score (nSPS) is 16.1. The molecule has 12 heteroatoms. The number of rotatable bonds is 11. The number of aldehydes is 1. The maximum atomic E-state index is 14.2. The zero-order chi connectivity index (χ0) is 23.8. The van der Waals surface area contributed by atoms with Gasteiger partial charge in [-0.05, 0) is 44.3 Å². The lowest BCUT2D eigenvalue weighted by Gasteiger charge is -2.31. The van der Waals surface area contributed by atoms with E-state index in [-0.39, 0.29) is 55.6 Å². The second-order valence-electron chi connectivity index (χ2n) is 8.20. The number of likely N-dealkylation sites (tertiary alicyclic amines) is 1. The zero-order valence-corrected chi connectivity index (χ0v) is 18.1. The van der Waals surface area contributed by atoms with Crippen LogP contribution in [0.25, 0.3) is 0 Å². The highest BCUT2D eigenvalue weighted by atomic mass is 19.3. The highest BCUT2D eigenvalue weighted by molar-refractivity contribution is 5.90. The SMILES string of the molecule is O=Cc1cn(CC(F)CCn2ccc(NC(=O)CC3CCN(CC(F)F)CC3)cc2=O)nn1. The molecule has 1 amide bonds. The second-order valence-corrected chi connectivity index (χ2v) is 8.20. The van der Waals surface area contributed by atoms with Gasteiger partial charge < -0.3 is 9.88 Å². The van der Waals surface area contributed by atoms with Gasteiger partial charge in [0.25, 0.3) is 12.0 Å². The first kappa shape index (κ1) is 24.6. The number of nitrogens with one attached hydrogen (secondary N) is 1. The van der Waals surface area contributed by atoms with Gasteiger partial charge in [0.2, 0.25) is 5.91 Å². The van der Waals surface area contributed by atoms with Gasteiger partial charge in [-0.15, -0.1) is 5.10 Å². The second kappa shape index (κ2) is 11.7. The summed E-state index contributed by atoms with van der Waals surface area (Å²) in [5.41, 5.74) is 0.106. The van der Waals surface area contributed by atoms with Gasteiger partial charge in [0.1, 0.15) is 11.9 Å². The number of hydrogen-bond acceptors (Lipinski definition) is 6. The van der Waals surface area contributed by atoms with E-state index in [4.69, 9.17) is 0 Å². The van der Waals surface area contributed by atoms with Crippen LogP contribution in [0.4, 0.5) is 18.9 Å². The predicted molar refractivity (Wildman–Crippen MR) is 114 cm³/mol. The van der Waals surface area contributed by atoms with Gasteiger partial charge >= 0.3 is 0 Å². The fourth-order valence-electron chi connectivity index (χ4n) is 3.84. The molecule has 0 bridgehead atoms. The molecule has 3 rings (SSSR count). The summed E-state index contributed by atoms with van der Waals surface area (Å²) in [5, 5.41) is 9.91. The molecule has 1 aliphatic rings. The van der Waals surface area contributed by atoms with Crippen molar-refractivity contribution in [3.8, 4) is 0 Å². The van der Waals surface area contributed by atoms with Crippen molar-refractivity contribution in [1.29, 1.82) is 0 Å². The largest absolute Gasteiger partial charge is 0.326 e. The minimum atomic E-state index is -2.35. The standard InChI is InChI=1S/C21H27F3N6O3/c22-16(11-30-12-18(14-31)26-27-30)3-7-29-8-4-17(10-21(29)33)25-20(32)9-15-1-5-28(6-2-15)13-19(23)24/h4,8,10,12,14-16,19H,1-3,5-7,9,11,13H2,(H,25,32). The molecule has 1 aliphatic heterocycles. The van der Waals surface area contributed by atoms with E-state index in [9.17, 15) is 27.6 Å². The number of halogens is 3.